The Balaban J connectivity index is 1.75. The van der Waals surface area contributed by atoms with E-state index in [1.165, 1.54) is 6.20 Å². The number of aryl methyl sites for hydroxylation is 1. The summed E-state index contributed by atoms with van der Waals surface area (Å²) in [6, 6.07) is 8.94. The molecule has 0 saturated carbocycles. The zero-order valence-corrected chi connectivity index (χ0v) is 10.7. The van der Waals surface area contributed by atoms with Gasteiger partial charge in [-0.2, -0.15) is 10.2 Å². The van der Waals surface area contributed by atoms with Gasteiger partial charge in [0.05, 0.1) is 0 Å². The van der Waals surface area contributed by atoms with E-state index in [2.05, 4.69) is 25.6 Å². The molecular weight excluding hydrogens is 256 g/mol. The fourth-order valence-corrected chi connectivity index (χ4v) is 1.75. The average molecular weight is 268 g/mol. The average Bonchev–Trinajstić information content (AvgIpc) is 3.10. The molecule has 3 rings (SSSR count). The van der Waals surface area contributed by atoms with Gasteiger partial charge in [-0.25, -0.2) is 4.98 Å². The maximum absolute atomic E-state index is 11.8. The number of aromatic nitrogens is 5. The maximum atomic E-state index is 11.8. The van der Waals surface area contributed by atoms with E-state index >= 15 is 0 Å². The highest BCUT2D eigenvalue weighted by Crippen LogP contribution is 2.17. The van der Waals surface area contributed by atoms with Crippen molar-refractivity contribution in [1.82, 2.24) is 25.0 Å². The first-order valence-electron chi connectivity index (χ1n) is 5.99. The Morgan fingerprint density at radius 1 is 1.25 bits per heavy atom. The normalized spacial score (nSPS) is 10.4. The van der Waals surface area contributed by atoms with Crippen molar-refractivity contribution < 1.29 is 4.79 Å². The molecular formula is C13H12N6O. The van der Waals surface area contributed by atoms with E-state index in [1.54, 1.807) is 29.2 Å². The summed E-state index contributed by atoms with van der Waals surface area (Å²) in [5.74, 6) is 0.421. The van der Waals surface area contributed by atoms with E-state index < -0.39 is 0 Å². The van der Waals surface area contributed by atoms with Gasteiger partial charge in [-0.1, -0.05) is 0 Å². The molecule has 0 radical (unpaired) electrons. The van der Waals surface area contributed by atoms with Crippen LogP contribution in [0.25, 0.3) is 11.4 Å². The SMILES string of the molecule is Cn1cnc(-c2ccc(NC(=O)c3ccn[nH]3)cc2)n1. The number of anilines is 1. The molecule has 0 saturated heterocycles. The van der Waals surface area contributed by atoms with Gasteiger partial charge in [0.15, 0.2) is 5.82 Å². The molecule has 2 N–H and O–H groups in total. The number of benzene rings is 1. The summed E-state index contributed by atoms with van der Waals surface area (Å²) in [7, 11) is 1.81. The van der Waals surface area contributed by atoms with E-state index in [0.29, 0.717) is 17.2 Å². The minimum Gasteiger partial charge on any atom is -0.321 e. The molecule has 0 atom stereocenters. The Morgan fingerprint density at radius 3 is 2.65 bits per heavy atom. The van der Waals surface area contributed by atoms with Crippen LogP contribution >= 0.6 is 0 Å². The summed E-state index contributed by atoms with van der Waals surface area (Å²) in [5, 5.41) is 13.3. The summed E-state index contributed by atoms with van der Waals surface area (Å²) in [6.07, 6.45) is 3.17. The molecule has 2 heterocycles. The van der Waals surface area contributed by atoms with Crippen molar-refractivity contribution in [3.05, 3.63) is 48.5 Å². The van der Waals surface area contributed by atoms with Gasteiger partial charge >= 0.3 is 0 Å². The lowest BCUT2D eigenvalue weighted by molar-refractivity contribution is 0.102. The van der Waals surface area contributed by atoms with Crippen LogP contribution < -0.4 is 5.32 Å². The van der Waals surface area contributed by atoms with Gasteiger partial charge in [0.25, 0.3) is 5.91 Å². The molecule has 0 spiro atoms. The zero-order valence-electron chi connectivity index (χ0n) is 10.7. The number of carbonyl (C=O) groups is 1. The number of amides is 1. The van der Waals surface area contributed by atoms with E-state index in [9.17, 15) is 4.79 Å². The van der Waals surface area contributed by atoms with Crippen LogP contribution in [0, 0.1) is 0 Å². The molecule has 1 amide bonds. The van der Waals surface area contributed by atoms with Crippen LogP contribution in [0.15, 0.2) is 42.9 Å². The molecule has 1 aromatic carbocycles. The quantitative estimate of drug-likeness (QED) is 0.752. The van der Waals surface area contributed by atoms with E-state index in [1.807, 2.05) is 19.2 Å². The van der Waals surface area contributed by atoms with Crippen LogP contribution in [0.2, 0.25) is 0 Å². The van der Waals surface area contributed by atoms with E-state index in [4.69, 9.17) is 0 Å². The molecule has 0 aliphatic heterocycles. The van der Waals surface area contributed by atoms with E-state index in [-0.39, 0.29) is 5.91 Å². The number of hydrogen-bond donors (Lipinski definition) is 2. The van der Waals surface area contributed by atoms with Crippen LogP contribution in [0.1, 0.15) is 10.5 Å². The fraction of sp³-hybridized carbons (Fsp3) is 0.0769. The van der Waals surface area contributed by atoms with Gasteiger partial charge in [0.2, 0.25) is 0 Å². The minimum absolute atomic E-state index is 0.230. The number of carbonyl (C=O) groups excluding carboxylic acids is 1. The number of nitrogens with one attached hydrogen (secondary N) is 2. The smallest absolute Gasteiger partial charge is 0.273 e. The van der Waals surface area contributed by atoms with Crippen molar-refractivity contribution in [2.45, 2.75) is 0 Å². The first kappa shape index (κ1) is 12.1. The van der Waals surface area contributed by atoms with Crippen molar-refractivity contribution in [3.63, 3.8) is 0 Å². The number of nitrogens with zero attached hydrogens (tertiary/aromatic N) is 4. The largest absolute Gasteiger partial charge is 0.321 e. The molecule has 0 fully saturated rings. The highest BCUT2D eigenvalue weighted by atomic mass is 16.1. The van der Waals surface area contributed by atoms with Crippen molar-refractivity contribution in [3.8, 4) is 11.4 Å². The predicted molar refractivity (Wildman–Crippen MR) is 73.0 cm³/mol. The lowest BCUT2D eigenvalue weighted by Crippen LogP contribution is -2.12. The molecule has 7 heteroatoms. The predicted octanol–water partition coefficient (Wildman–Crippen LogP) is 1.46. The fourth-order valence-electron chi connectivity index (χ4n) is 1.75. The van der Waals surface area contributed by atoms with Gasteiger partial charge < -0.3 is 5.32 Å². The van der Waals surface area contributed by atoms with Gasteiger partial charge in [0, 0.05) is 24.5 Å². The second kappa shape index (κ2) is 4.96. The van der Waals surface area contributed by atoms with Gasteiger partial charge in [-0.3, -0.25) is 14.6 Å². The Bertz CT molecular complexity index is 714. The number of aromatic amines is 1. The highest BCUT2D eigenvalue weighted by Gasteiger charge is 2.08. The van der Waals surface area contributed by atoms with Crippen molar-refractivity contribution >= 4 is 11.6 Å². The van der Waals surface area contributed by atoms with Crippen LogP contribution in [0.5, 0.6) is 0 Å². The van der Waals surface area contributed by atoms with Crippen molar-refractivity contribution in [1.29, 1.82) is 0 Å². The Hall–Kier alpha value is -2.96. The number of hydrogen-bond acceptors (Lipinski definition) is 4. The van der Waals surface area contributed by atoms with Crippen LogP contribution in [-0.4, -0.2) is 30.9 Å². The molecule has 3 aromatic rings. The number of H-pyrrole nitrogens is 1. The summed E-state index contributed by atoms with van der Waals surface area (Å²) in [5.41, 5.74) is 2.01. The Labute approximate surface area is 114 Å². The van der Waals surface area contributed by atoms with E-state index in [0.717, 1.165) is 5.56 Å². The van der Waals surface area contributed by atoms with Crippen LogP contribution in [0.3, 0.4) is 0 Å². The first-order chi connectivity index (χ1) is 9.72. The topological polar surface area (TPSA) is 88.5 Å². The van der Waals surface area contributed by atoms with Crippen LogP contribution in [0.4, 0.5) is 5.69 Å². The lowest BCUT2D eigenvalue weighted by atomic mass is 10.2. The number of rotatable bonds is 3. The van der Waals surface area contributed by atoms with Crippen molar-refractivity contribution in [2.75, 3.05) is 5.32 Å². The lowest BCUT2D eigenvalue weighted by Gasteiger charge is -2.04. The summed E-state index contributed by atoms with van der Waals surface area (Å²) < 4.78 is 1.64. The minimum atomic E-state index is -0.230. The summed E-state index contributed by atoms with van der Waals surface area (Å²) in [4.78, 5) is 16.0. The van der Waals surface area contributed by atoms with Crippen LogP contribution in [-0.2, 0) is 7.05 Å². The third-order valence-corrected chi connectivity index (χ3v) is 2.75. The zero-order chi connectivity index (χ0) is 13.9. The monoisotopic (exact) mass is 268 g/mol. The third-order valence-electron chi connectivity index (χ3n) is 2.75. The second-order valence-corrected chi connectivity index (χ2v) is 4.24. The molecule has 20 heavy (non-hydrogen) atoms. The molecule has 0 unspecified atom stereocenters. The van der Waals surface area contributed by atoms with Gasteiger partial charge in [0.1, 0.15) is 12.0 Å². The molecule has 100 valence electrons. The Kier molecular flexibility index (Phi) is 3.00. The standard InChI is InChI=1S/C13H12N6O/c1-19-8-14-12(18-19)9-2-4-10(5-3-9)16-13(20)11-6-7-15-17-11/h2-8H,1H3,(H,15,17)(H,16,20). The van der Waals surface area contributed by atoms with Crippen molar-refractivity contribution in [2.24, 2.45) is 7.05 Å². The summed E-state index contributed by atoms with van der Waals surface area (Å²) >= 11 is 0. The highest BCUT2D eigenvalue weighted by molar-refractivity contribution is 6.02. The molecule has 0 aliphatic carbocycles. The second-order valence-electron chi connectivity index (χ2n) is 4.24. The molecule has 0 bridgehead atoms. The third kappa shape index (κ3) is 2.41. The molecule has 0 aliphatic rings. The summed E-state index contributed by atoms with van der Waals surface area (Å²) in [6.45, 7) is 0. The molecule has 7 nitrogen and oxygen atoms in total. The first-order valence-corrected chi connectivity index (χ1v) is 5.99. The maximum Gasteiger partial charge on any atom is 0.273 e. The molecule has 2 aromatic heterocycles. The Morgan fingerprint density at radius 2 is 2.05 bits per heavy atom. The van der Waals surface area contributed by atoms with Gasteiger partial charge in [-0.05, 0) is 30.3 Å². The van der Waals surface area contributed by atoms with Gasteiger partial charge in [-0.15, -0.1) is 0 Å².